The van der Waals surface area contributed by atoms with E-state index < -0.39 is 0 Å². The van der Waals surface area contributed by atoms with E-state index in [9.17, 15) is 4.79 Å². The SMILES string of the molecule is CC1C(N)CCCC1C(=O)NCCC1CCN(C)CC1. The highest BCUT2D eigenvalue weighted by Gasteiger charge is 2.32. The van der Waals surface area contributed by atoms with Crippen molar-refractivity contribution < 1.29 is 4.79 Å². The lowest BCUT2D eigenvalue weighted by Crippen LogP contribution is -2.44. The van der Waals surface area contributed by atoms with Gasteiger partial charge in [0, 0.05) is 18.5 Å². The van der Waals surface area contributed by atoms with Crippen LogP contribution in [0.25, 0.3) is 0 Å². The minimum Gasteiger partial charge on any atom is -0.356 e. The number of hydrogen-bond acceptors (Lipinski definition) is 3. The molecule has 1 heterocycles. The Hall–Kier alpha value is -0.610. The van der Waals surface area contributed by atoms with Gasteiger partial charge in [0.2, 0.25) is 5.91 Å². The molecule has 4 heteroatoms. The molecule has 1 saturated heterocycles. The predicted octanol–water partition coefficient (Wildman–Crippen LogP) is 1.60. The first-order valence-electron chi connectivity index (χ1n) is 8.29. The van der Waals surface area contributed by atoms with Crippen molar-refractivity contribution in [2.75, 3.05) is 26.7 Å². The van der Waals surface area contributed by atoms with Crippen LogP contribution in [-0.2, 0) is 4.79 Å². The zero-order valence-electron chi connectivity index (χ0n) is 13.1. The van der Waals surface area contributed by atoms with E-state index in [0.29, 0.717) is 5.92 Å². The molecule has 2 rings (SSSR count). The summed E-state index contributed by atoms with van der Waals surface area (Å²) in [4.78, 5) is 14.7. The normalized spacial score (nSPS) is 33.0. The lowest BCUT2D eigenvalue weighted by Gasteiger charge is -2.33. The topological polar surface area (TPSA) is 58.4 Å². The van der Waals surface area contributed by atoms with Crippen molar-refractivity contribution in [2.45, 2.75) is 51.5 Å². The third-order valence-electron chi connectivity index (χ3n) is 5.39. The molecule has 116 valence electrons. The summed E-state index contributed by atoms with van der Waals surface area (Å²) in [6.45, 7) is 5.37. The molecule has 0 aromatic heterocycles. The highest BCUT2D eigenvalue weighted by Crippen LogP contribution is 2.29. The number of nitrogens with two attached hydrogens (primary N) is 1. The van der Waals surface area contributed by atoms with Crippen LogP contribution in [0, 0.1) is 17.8 Å². The van der Waals surface area contributed by atoms with Crippen LogP contribution in [0.5, 0.6) is 0 Å². The number of amides is 1. The number of carbonyl (C=O) groups excluding carboxylic acids is 1. The minimum absolute atomic E-state index is 0.135. The van der Waals surface area contributed by atoms with E-state index in [-0.39, 0.29) is 17.9 Å². The Bertz CT molecular complexity index is 313. The van der Waals surface area contributed by atoms with Gasteiger partial charge in [0.05, 0.1) is 0 Å². The molecule has 0 spiro atoms. The quantitative estimate of drug-likeness (QED) is 0.823. The number of piperidine rings is 1. The highest BCUT2D eigenvalue weighted by molar-refractivity contribution is 5.79. The summed E-state index contributed by atoms with van der Waals surface area (Å²) in [6.07, 6.45) is 6.86. The van der Waals surface area contributed by atoms with Crippen LogP contribution >= 0.6 is 0 Å². The van der Waals surface area contributed by atoms with E-state index >= 15 is 0 Å². The van der Waals surface area contributed by atoms with Gasteiger partial charge in [-0.1, -0.05) is 13.3 Å². The van der Waals surface area contributed by atoms with Crippen molar-refractivity contribution in [2.24, 2.45) is 23.5 Å². The third-order valence-corrected chi connectivity index (χ3v) is 5.39. The number of likely N-dealkylation sites (tertiary alicyclic amines) is 1. The fraction of sp³-hybridized carbons (Fsp3) is 0.938. The molecule has 1 aliphatic heterocycles. The molecule has 3 unspecified atom stereocenters. The average molecular weight is 281 g/mol. The van der Waals surface area contributed by atoms with Gasteiger partial charge in [-0.3, -0.25) is 4.79 Å². The average Bonchev–Trinajstić information content (AvgIpc) is 2.44. The Kier molecular flexibility index (Phi) is 5.85. The lowest BCUT2D eigenvalue weighted by molar-refractivity contribution is -0.127. The molecule has 2 aliphatic rings. The smallest absolute Gasteiger partial charge is 0.223 e. The summed E-state index contributed by atoms with van der Waals surface area (Å²) < 4.78 is 0. The Balaban J connectivity index is 1.67. The minimum atomic E-state index is 0.135. The monoisotopic (exact) mass is 281 g/mol. The van der Waals surface area contributed by atoms with Gasteiger partial charge in [0.25, 0.3) is 0 Å². The van der Waals surface area contributed by atoms with Gasteiger partial charge < -0.3 is 16.0 Å². The maximum atomic E-state index is 12.3. The number of rotatable bonds is 4. The molecule has 20 heavy (non-hydrogen) atoms. The molecule has 3 N–H and O–H groups in total. The van der Waals surface area contributed by atoms with Crippen LogP contribution in [-0.4, -0.2) is 43.5 Å². The van der Waals surface area contributed by atoms with Gasteiger partial charge in [-0.15, -0.1) is 0 Å². The summed E-state index contributed by atoms with van der Waals surface area (Å²) in [5, 5.41) is 3.15. The molecule has 0 aromatic rings. The van der Waals surface area contributed by atoms with Crippen LogP contribution in [0.2, 0.25) is 0 Å². The lowest BCUT2D eigenvalue weighted by atomic mass is 9.77. The van der Waals surface area contributed by atoms with E-state index in [1.165, 1.54) is 25.9 Å². The molecule has 1 amide bonds. The van der Waals surface area contributed by atoms with Crippen LogP contribution in [0.3, 0.4) is 0 Å². The van der Waals surface area contributed by atoms with Crippen molar-refractivity contribution >= 4 is 5.91 Å². The van der Waals surface area contributed by atoms with Gasteiger partial charge in [-0.25, -0.2) is 0 Å². The second-order valence-corrected chi connectivity index (χ2v) is 6.89. The van der Waals surface area contributed by atoms with Crippen molar-refractivity contribution in [3.63, 3.8) is 0 Å². The Morgan fingerprint density at radius 1 is 1.25 bits per heavy atom. The first kappa shape index (κ1) is 15.8. The molecule has 4 nitrogen and oxygen atoms in total. The largest absolute Gasteiger partial charge is 0.356 e. The van der Waals surface area contributed by atoms with E-state index in [1.807, 2.05) is 0 Å². The van der Waals surface area contributed by atoms with Crippen molar-refractivity contribution in [1.82, 2.24) is 10.2 Å². The predicted molar refractivity (Wildman–Crippen MR) is 82.3 cm³/mol. The second-order valence-electron chi connectivity index (χ2n) is 6.89. The standard InChI is InChI=1S/C16H31N3O/c1-12-14(4-3-5-15(12)17)16(20)18-9-6-13-7-10-19(2)11-8-13/h12-15H,3-11,17H2,1-2H3,(H,18,20). The molecule has 1 saturated carbocycles. The molecule has 1 aliphatic carbocycles. The zero-order valence-corrected chi connectivity index (χ0v) is 13.1. The van der Waals surface area contributed by atoms with Crippen molar-refractivity contribution in [3.8, 4) is 0 Å². The maximum absolute atomic E-state index is 12.3. The molecule has 0 aromatic carbocycles. The summed E-state index contributed by atoms with van der Waals surface area (Å²) in [5.74, 6) is 1.49. The third kappa shape index (κ3) is 4.19. The van der Waals surface area contributed by atoms with Crippen LogP contribution in [0.4, 0.5) is 0 Å². The number of nitrogens with zero attached hydrogens (tertiary/aromatic N) is 1. The van der Waals surface area contributed by atoms with E-state index in [4.69, 9.17) is 5.73 Å². The molecule has 2 fully saturated rings. The summed E-state index contributed by atoms with van der Waals surface area (Å²) in [7, 11) is 2.19. The molecular weight excluding hydrogens is 250 g/mol. The van der Waals surface area contributed by atoms with E-state index in [0.717, 1.165) is 38.1 Å². The van der Waals surface area contributed by atoms with E-state index in [2.05, 4.69) is 24.2 Å². The Morgan fingerprint density at radius 2 is 1.95 bits per heavy atom. The zero-order chi connectivity index (χ0) is 14.5. The van der Waals surface area contributed by atoms with Gasteiger partial charge in [-0.2, -0.15) is 0 Å². The summed E-state index contributed by atoms with van der Waals surface area (Å²) in [5.41, 5.74) is 6.08. The number of nitrogens with one attached hydrogen (secondary N) is 1. The van der Waals surface area contributed by atoms with Crippen LogP contribution in [0.15, 0.2) is 0 Å². The van der Waals surface area contributed by atoms with Crippen molar-refractivity contribution in [3.05, 3.63) is 0 Å². The first-order chi connectivity index (χ1) is 9.58. The first-order valence-corrected chi connectivity index (χ1v) is 8.29. The van der Waals surface area contributed by atoms with Crippen LogP contribution < -0.4 is 11.1 Å². The molecular formula is C16H31N3O. The molecule has 0 radical (unpaired) electrons. The Labute approximate surface area is 123 Å². The number of hydrogen-bond donors (Lipinski definition) is 2. The van der Waals surface area contributed by atoms with Gasteiger partial charge >= 0.3 is 0 Å². The van der Waals surface area contributed by atoms with Gasteiger partial charge in [-0.05, 0) is 64.1 Å². The van der Waals surface area contributed by atoms with E-state index in [1.54, 1.807) is 0 Å². The summed E-state index contributed by atoms with van der Waals surface area (Å²) in [6, 6.07) is 0.202. The molecule has 3 atom stereocenters. The highest BCUT2D eigenvalue weighted by atomic mass is 16.1. The number of carbonyl (C=O) groups is 1. The fourth-order valence-corrected chi connectivity index (χ4v) is 3.65. The maximum Gasteiger partial charge on any atom is 0.223 e. The Morgan fingerprint density at radius 3 is 2.65 bits per heavy atom. The second kappa shape index (κ2) is 7.41. The van der Waals surface area contributed by atoms with Gasteiger partial charge in [0.1, 0.15) is 0 Å². The van der Waals surface area contributed by atoms with Crippen LogP contribution in [0.1, 0.15) is 45.4 Å². The summed E-state index contributed by atoms with van der Waals surface area (Å²) >= 11 is 0. The van der Waals surface area contributed by atoms with Gasteiger partial charge in [0.15, 0.2) is 0 Å². The fourth-order valence-electron chi connectivity index (χ4n) is 3.65. The van der Waals surface area contributed by atoms with Crippen molar-refractivity contribution in [1.29, 1.82) is 0 Å². The molecule has 0 bridgehead atoms.